The summed E-state index contributed by atoms with van der Waals surface area (Å²) in [4.78, 5) is 24.1. The summed E-state index contributed by atoms with van der Waals surface area (Å²) in [6.07, 6.45) is -0.324. The van der Waals surface area contributed by atoms with Gasteiger partial charge in [0.05, 0.1) is 25.1 Å². The molecule has 3 N–H and O–H groups in total. The molecule has 0 radical (unpaired) electrons. The first kappa shape index (κ1) is 19.7. The molecule has 138 valence electrons. The first-order chi connectivity index (χ1) is 12.4. The summed E-state index contributed by atoms with van der Waals surface area (Å²) in [5.41, 5.74) is 0.933. The van der Waals surface area contributed by atoms with Crippen LogP contribution in [-0.4, -0.2) is 29.6 Å². The van der Waals surface area contributed by atoms with Crippen molar-refractivity contribution >= 4 is 11.8 Å². The predicted molar refractivity (Wildman–Crippen MR) is 92.1 cm³/mol. The number of carbonyl (C=O) groups is 2. The van der Waals surface area contributed by atoms with E-state index in [4.69, 9.17) is 0 Å². The lowest BCUT2D eigenvalue weighted by Gasteiger charge is -2.21. The molecule has 5 nitrogen and oxygen atoms in total. The Bertz CT molecular complexity index is 748. The van der Waals surface area contributed by atoms with E-state index in [-0.39, 0.29) is 18.6 Å². The molecule has 0 bridgehead atoms. The molecule has 0 aliphatic carbocycles. The fourth-order valence-electron chi connectivity index (χ4n) is 2.51. The highest BCUT2D eigenvalue weighted by molar-refractivity contribution is 5.98. The Labute approximate surface area is 150 Å². The van der Waals surface area contributed by atoms with Crippen molar-refractivity contribution in [1.29, 1.82) is 0 Å². The van der Waals surface area contributed by atoms with Crippen LogP contribution in [0, 0.1) is 11.6 Å². The zero-order chi connectivity index (χ0) is 19.1. The number of imide groups is 1. The van der Waals surface area contributed by atoms with E-state index in [0.29, 0.717) is 6.07 Å². The van der Waals surface area contributed by atoms with E-state index in [1.807, 2.05) is 30.3 Å². The Morgan fingerprint density at radius 1 is 1.08 bits per heavy atom. The third-order valence-electron chi connectivity index (χ3n) is 3.78. The van der Waals surface area contributed by atoms with Crippen LogP contribution in [0.15, 0.2) is 48.5 Å². The number of halogens is 2. The van der Waals surface area contributed by atoms with Crippen LogP contribution >= 0.6 is 0 Å². The maximum atomic E-state index is 13.1. The molecule has 2 atom stereocenters. The van der Waals surface area contributed by atoms with Gasteiger partial charge in [0.25, 0.3) is 0 Å². The highest BCUT2D eigenvalue weighted by Gasteiger charge is 2.20. The van der Waals surface area contributed by atoms with Gasteiger partial charge >= 0.3 is 0 Å². The van der Waals surface area contributed by atoms with Gasteiger partial charge in [-0.15, -0.1) is 0 Å². The molecule has 2 aromatic carbocycles. The molecule has 2 rings (SSSR count). The number of amides is 2. The summed E-state index contributed by atoms with van der Waals surface area (Å²) < 4.78 is 26.3. The number of nitrogens with one attached hydrogen (secondary N) is 2. The van der Waals surface area contributed by atoms with Crippen LogP contribution in [0.1, 0.15) is 24.1 Å². The largest absolute Gasteiger partial charge is 0.394 e. The molecule has 2 aromatic rings. The summed E-state index contributed by atoms with van der Waals surface area (Å²) in [5.74, 6) is -2.85. The second kappa shape index (κ2) is 9.17. The maximum Gasteiger partial charge on any atom is 0.243 e. The third-order valence-corrected chi connectivity index (χ3v) is 3.78. The molecule has 1 unspecified atom stereocenters. The second-order valence-corrected chi connectivity index (χ2v) is 5.90. The zero-order valence-corrected chi connectivity index (χ0v) is 14.2. The molecule has 26 heavy (non-hydrogen) atoms. The standard InChI is InChI=1S/C19H20F2N2O3/c1-12(22-17(11-24)14-5-3-2-4-6-14)19(26)23-18(25)9-13-7-15(20)10-16(21)8-13/h2-8,10,12,17,22,24H,9,11H2,1H3,(H,23,25,26)/t12-,17?/m0/s1. The van der Waals surface area contributed by atoms with E-state index in [9.17, 15) is 23.5 Å². The van der Waals surface area contributed by atoms with Crippen molar-refractivity contribution in [3.63, 3.8) is 0 Å². The lowest BCUT2D eigenvalue weighted by Crippen LogP contribution is -2.46. The molecule has 7 heteroatoms. The van der Waals surface area contributed by atoms with Crippen LogP contribution in [0.5, 0.6) is 0 Å². The van der Waals surface area contributed by atoms with Crippen LogP contribution in [0.4, 0.5) is 8.78 Å². The third kappa shape index (κ3) is 5.72. The van der Waals surface area contributed by atoms with Gasteiger partial charge in [0, 0.05) is 6.07 Å². The second-order valence-electron chi connectivity index (χ2n) is 5.90. The Hall–Kier alpha value is -2.64. The van der Waals surface area contributed by atoms with Gasteiger partial charge in [-0.3, -0.25) is 20.2 Å². The Morgan fingerprint density at radius 2 is 1.69 bits per heavy atom. The number of hydrogen-bond donors (Lipinski definition) is 3. The Morgan fingerprint density at radius 3 is 2.27 bits per heavy atom. The topological polar surface area (TPSA) is 78.4 Å². The van der Waals surface area contributed by atoms with Crippen molar-refractivity contribution in [1.82, 2.24) is 10.6 Å². The van der Waals surface area contributed by atoms with Gasteiger partial charge in [-0.2, -0.15) is 0 Å². The van der Waals surface area contributed by atoms with Crippen molar-refractivity contribution in [2.24, 2.45) is 0 Å². The highest BCUT2D eigenvalue weighted by Crippen LogP contribution is 2.12. The minimum Gasteiger partial charge on any atom is -0.394 e. The van der Waals surface area contributed by atoms with Crippen molar-refractivity contribution in [2.75, 3.05) is 6.61 Å². The van der Waals surface area contributed by atoms with Crippen LogP contribution in [0.2, 0.25) is 0 Å². The zero-order valence-electron chi connectivity index (χ0n) is 14.2. The SMILES string of the molecule is C[C@H](NC(CO)c1ccccc1)C(=O)NC(=O)Cc1cc(F)cc(F)c1. The normalized spacial score (nSPS) is 13.1. The summed E-state index contributed by atoms with van der Waals surface area (Å²) in [5, 5.41) is 14.6. The molecule has 0 aliphatic rings. The summed E-state index contributed by atoms with van der Waals surface area (Å²) in [6, 6.07) is 10.6. The molecular formula is C19H20F2N2O3. The minimum atomic E-state index is -0.789. The summed E-state index contributed by atoms with van der Waals surface area (Å²) >= 11 is 0. The molecular weight excluding hydrogens is 342 g/mol. The summed E-state index contributed by atoms with van der Waals surface area (Å²) in [6.45, 7) is 1.33. The van der Waals surface area contributed by atoms with Crippen molar-refractivity contribution in [2.45, 2.75) is 25.4 Å². The van der Waals surface area contributed by atoms with Crippen LogP contribution in [0.3, 0.4) is 0 Å². The van der Waals surface area contributed by atoms with Crippen molar-refractivity contribution in [3.05, 3.63) is 71.3 Å². The van der Waals surface area contributed by atoms with Gasteiger partial charge in [-0.25, -0.2) is 8.78 Å². The van der Waals surface area contributed by atoms with Gasteiger partial charge in [-0.05, 0) is 30.2 Å². The number of carbonyl (C=O) groups excluding carboxylic acids is 2. The molecule has 0 aliphatic heterocycles. The highest BCUT2D eigenvalue weighted by atomic mass is 19.1. The van der Waals surface area contributed by atoms with Crippen molar-refractivity contribution < 1.29 is 23.5 Å². The van der Waals surface area contributed by atoms with E-state index >= 15 is 0 Å². The number of rotatable bonds is 7. The number of aliphatic hydroxyl groups excluding tert-OH is 1. The van der Waals surface area contributed by atoms with E-state index in [1.54, 1.807) is 6.92 Å². The molecule has 0 saturated heterocycles. The van der Waals surface area contributed by atoms with E-state index in [0.717, 1.165) is 17.7 Å². The van der Waals surface area contributed by atoms with Gasteiger partial charge < -0.3 is 5.11 Å². The van der Waals surface area contributed by atoms with Gasteiger partial charge in [-0.1, -0.05) is 30.3 Å². The monoisotopic (exact) mass is 362 g/mol. The van der Waals surface area contributed by atoms with Gasteiger partial charge in [0.15, 0.2) is 0 Å². The Balaban J connectivity index is 1.92. The van der Waals surface area contributed by atoms with E-state index in [2.05, 4.69) is 10.6 Å². The average molecular weight is 362 g/mol. The quantitative estimate of drug-likeness (QED) is 0.703. The number of aliphatic hydroxyl groups is 1. The van der Waals surface area contributed by atoms with Crippen LogP contribution in [0.25, 0.3) is 0 Å². The molecule has 0 fully saturated rings. The van der Waals surface area contributed by atoms with E-state index in [1.165, 1.54) is 0 Å². The Kier molecular flexibility index (Phi) is 6.94. The maximum absolute atomic E-state index is 13.1. The lowest BCUT2D eigenvalue weighted by molar-refractivity contribution is -0.131. The molecule has 0 saturated carbocycles. The molecule has 2 amide bonds. The fourth-order valence-corrected chi connectivity index (χ4v) is 2.51. The van der Waals surface area contributed by atoms with Gasteiger partial charge in [0.1, 0.15) is 11.6 Å². The van der Waals surface area contributed by atoms with Crippen LogP contribution in [-0.2, 0) is 16.0 Å². The average Bonchev–Trinajstić information content (AvgIpc) is 2.59. The molecule has 0 heterocycles. The number of hydrogen-bond acceptors (Lipinski definition) is 4. The fraction of sp³-hybridized carbons (Fsp3) is 0.263. The van der Waals surface area contributed by atoms with E-state index < -0.39 is 35.5 Å². The lowest BCUT2D eigenvalue weighted by atomic mass is 10.1. The first-order valence-electron chi connectivity index (χ1n) is 8.09. The van der Waals surface area contributed by atoms with Crippen LogP contribution < -0.4 is 10.6 Å². The molecule has 0 aromatic heterocycles. The van der Waals surface area contributed by atoms with Gasteiger partial charge in [0.2, 0.25) is 11.8 Å². The smallest absolute Gasteiger partial charge is 0.243 e. The summed E-state index contributed by atoms with van der Waals surface area (Å²) in [7, 11) is 0. The number of benzene rings is 2. The predicted octanol–water partition coefficient (Wildman–Crippen LogP) is 1.86. The van der Waals surface area contributed by atoms with Crippen molar-refractivity contribution in [3.8, 4) is 0 Å². The minimum absolute atomic E-state index is 0.130. The first-order valence-corrected chi connectivity index (χ1v) is 8.09. The molecule has 0 spiro atoms.